The van der Waals surface area contributed by atoms with Gasteiger partial charge in [0.1, 0.15) is 12.6 Å². The second-order valence-electron chi connectivity index (χ2n) is 8.08. The Morgan fingerprint density at radius 3 is 1.66 bits per heavy atom. The number of carbonyl (C=O) groups excluding carboxylic acids is 1. The molecule has 0 spiro atoms. The van der Waals surface area contributed by atoms with Crippen LogP contribution >= 0.6 is 0 Å². The molecule has 0 saturated carbocycles. The number of esters is 1. The van der Waals surface area contributed by atoms with Crippen molar-refractivity contribution in [2.75, 3.05) is 27.7 Å². The van der Waals surface area contributed by atoms with E-state index in [-0.39, 0.29) is 12.6 Å². The molecule has 0 heterocycles. The fraction of sp³-hybridized carbons (Fsp3) is 0.240. The standard InChI is InChI=1S/C25H28NO3/c1-26(2,3)23(20-13-7-4-8-14-20)19-29-24(27)25(28,21-15-9-5-10-16-21)22-17-11-6-12-18-22/h4-18,23,28H,19H2,1-3H3/q+1. The highest BCUT2D eigenvalue weighted by atomic mass is 16.6. The van der Waals surface area contributed by atoms with Crippen LogP contribution < -0.4 is 0 Å². The van der Waals surface area contributed by atoms with Crippen molar-refractivity contribution in [3.05, 3.63) is 108 Å². The van der Waals surface area contributed by atoms with Crippen molar-refractivity contribution in [3.8, 4) is 0 Å². The highest BCUT2D eigenvalue weighted by Crippen LogP contribution is 2.32. The molecule has 3 aromatic carbocycles. The quantitative estimate of drug-likeness (QED) is 0.491. The van der Waals surface area contributed by atoms with E-state index in [2.05, 4.69) is 21.1 Å². The zero-order valence-corrected chi connectivity index (χ0v) is 17.2. The van der Waals surface area contributed by atoms with Crippen LogP contribution in [0.15, 0.2) is 91.0 Å². The first-order chi connectivity index (χ1) is 13.8. The van der Waals surface area contributed by atoms with Gasteiger partial charge in [0.15, 0.2) is 0 Å². The molecule has 3 rings (SSSR count). The summed E-state index contributed by atoms with van der Waals surface area (Å²) in [6.45, 7) is 0.161. The molecule has 0 aliphatic carbocycles. The number of likely N-dealkylation sites (N-methyl/N-ethyl adjacent to an activating group) is 1. The summed E-state index contributed by atoms with van der Waals surface area (Å²) in [7, 11) is 6.18. The number of benzene rings is 3. The SMILES string of the molecule is C[N+](C)(C)C(COC(=O)C(O)(c1ccccc1)c1ccccc1)c1ccccc1. The van der Waals surface area contributed by atoms with Crippen LogP contribution in [0.3, 0.4) is 0 Å². The molecule has 4 nitrogen and oxygen atoms in total. The van der Waals surface area contributed by atoms with Crippen LogP contribution in [0.25, 0.3) is 0 Å². The Labute approximate surface area is 172 Å². The van der Waals surface area contributed by atoms with Crippen LogP contribution in [0.2, 0.25) is 0 Å². The van der Waals surface area contributed by atoms with E-state index in [9.17, 15) is 9.90 Å². The second-order valence-corrected chi connectivity index (χ2v) is 8.08. The lowest BCUT2D eigenvalue weighted by Gasteiger charge is -2.35. The third-order valence-corrected chi connectivity index (χ3v) is 5.17. The number of hydrogen-bond donors (Lipinski definition) is 1. The van der Waals surface area contributed by atoms with Crippen molar-refractivity contribution < 1.29 is 19.1 Å². The molecule has 0 radical (unpaired) electrons. The van der Waals surface area contributed by atoms with Gasteiger partial charge in [-0.2, -0.15) is 0 Å². The number of aliphatic hydroxyl groups is 1. The molecule has 29 heavy (non-hydrogen) atoms. The minimum Gasteiger partial charge on any atom is -0.456 e. The van der Waals surface area contributed by atoms with Gasteiger partial charge in [-0.15, -0.1) is 0 Å². The van der Waals surface area contributed by atoms with E-state index in [0.717, 1.165) is 5.56 Å². The molecule has 0 bridgehead atoms. The first kappa shape index (κ1) is 20.8. The Kier molecular flexibility index (Phi) is 6.16. The second kappa shape index (κ2) is 8.60. The fourth-order valence-corrected chi connectivity index (χ4v) is 3.46. The minimum atomic E-state index is -1.87. The Balaban J connectivity index is 1.91. The summed E-state index contributed by atoms with van der Waals surface area (Å²) in [6.07, 6.45) is 0. The lowest BCUT2D eigenvalue weighted by atomic mass is 9.86. The first-order valence-corrected chi connectivity index (χ1v) is 9.70. The van der Waals surface area contributed by atoms with E-state index in [1.165, 1.54) is 0 Å². The molecule has 0 aromatic heterocycles. The van der Waals surface area contributed by atoms with Gasteiger partial charge in [-0.05, 0) is 11.1 Å². The van der Waals surface area contributed by atoms with Crippen molar-refractivity contribution in [1.29, 1.82) is 0 Å². The molecule has 0 aliphatic rings. The zero-order chi connectivity index (χ0) is 20.9. The molecule has 0 saturated heterocycles. The lowest BCUT2D eigenvalue weighted by Crippen LogP contribution is -2.44. The van der Waals surface area contributed by atoms with Gasteiger partial charge in [0.25, 0.3) is 0 Å². The smallest absolute Gasteiger partial charge is 0.347 e. The van der Waals surface area contributed by atoms with Crippen LogP contribution in [0, 0.1) is 0 Å². The fourth-order valence-electron chi connectivity index (χ4n) is 3.46. The number of ether oxygens (including phenoxy) is 1. The third-order valence-electron chi connectivity index (χ3n) is 5.17. The number of hydrogen-bond acceptors (Lipinski definition) is 3. The van der Waals surface area contributed by atoms with Gasteiger partial charge in [0.2, 0.25) is 5.60 Å². The molecule has 0 fully saturated rings. The number of nitrogens with zero attached hydrogens (tertiary/aromatic N) is 1. The summed E-state index contributed by atoms with van der Waals surface area (Å²) < 4.78 is 6.34. The van der Waals surface area contributed by atoms with Gasteiger partial charge in [-0.25, -0.2) is 4.79 Å². The summed E-state index contributed by atoms with van der Waals surface area (Å²) in [5.74, 6) is -0.677. The van der Waals surface area contributed by atoms with Crippen molar-refractivity contribution in [2.45, 2.75) is 11.6 Å². The topological polar surface area (TPSA) is 46.5 Å². The van der Waals surface area contributed by atoms with Gasteiger partial charge in [-0.3, -0.25) is 0 Å². The molecule has 0 amide bonds. The van der Waals surface area contributed by atoms with Crippen LogP contribution in [0.5, 0.6) is 0 Å². The molecular formula is C25H28NO3+. The summed E-state index contributed by atoms with van der Waals surface area (Å²) in [6, 6.07) is 27.8. The highest BCUT2D eigenvalue weighted by Gasteiger charge is 2.42. The highest BCUT2D eigenvalue weighted by molar-refractivity contribution is 5.85. The largest absolute Gasteiger partial charge is 0.456 e. The molecule has 1 atom stereocenters. The predicted molar refractivity (Wildman–Crippen MR) is 114 cm³/mol. The lowest BCUT2D eigenvalue weighted by molar-refractivity contribution is -0.902. The maximum atomic E-state index is 13.2. The number of rotatable bonds is 7. The van der Waals surface area contributed by atoms with Crippen LogP contribution in [-0.4, -0.2) is 43.3 Å². The molecule has 0 aliphatic heterocycles. The molecule has 1 unspecified atom stereocenters. The van der Waals surface area contributed by atoms with Gasteiger partial charge >= 0.3 is 5.97 Å². The van der Waals surface area contributed by atoms with Crippen molar-refractivity contribution >= 4 is 5.97 Å². The van der Waals surface area contributed by atoms with Crippen molar-refractivity contribution in [1.82, 2.24) is 0 Å². The van der Waals surface area contributed by atoms with Crippen LogP contribution in [-0.2, 0) is 15.1 Å². The summed E-state index contributed by atoms with van der Waals surface area (Å²) in [4.78, 5) is 13.2. The first-order valence-electron chi connectivity index (χ1n) is 9.70. The summed E-state index contributed by atoms with van der Waals surface area (Å²) >= 11 is 0. The van der Waals surface area contributed by atoms with Gasteiger partial charge in [-0.1, -0.05) is 91.0 Å². The summed E-state index contributed by atoms with van der Waals surface area (Å²) in [5.41, 5.74) is 0.181. The maximum Gasteiger partial charge on any atom is 0.347 e. The van der Waals surface area contributed by atoms with Crippen LogP contribution in [0.1, 0.15) is 22.7 Å². The Hall–Kier alpha value is -2.95. The van der Waals surface area contributed by atoms with Gasteiger partial charge < -0.3 is 14.3 Å². The predicted octanol–water partition coefficient (Wildman–Crippen LogP) is 3.91. The number of carbonyl (C=O) groups is 1. The Morgan fingerprint density at radius 1 is 0.828 bits per heavy atom. The van der Waals surface area contributed by atoms with E-state index >= 15 is 0 Å². The summed E-state index contributed by atoms with van der Waals surface area (Å²) in [5, 5.41) is 11.5. The van der Waals surface area contributed by atoms with Crippen LogP contribution in [0.4, 0.5) is 0 Å². The average molecular weight is 391 g/mol. The molecule has 150 valence electrons. The van der Waals surface area contributed by atoms with Crippen molar-refractivity contribution in [3.63, 3.8) is 0 Å². The normalized spacial score (nSPS) is 13.0. The molecule has 4 heteroatoms. The third kappa shape index (κ3) is 4.56. The van der Waals surface area contributed by atoms with E-state index in [4.69, 9.17) is 4.74 Å². The monoisotopic (exact) mass is 390 g/mol. The Morgan fingerprint density at radius 2 is 1.24 bits per heavy atom. The number of quaternary nitrogens is 1. The van der Waals surface area contributed by atoms with Gasteiger partial charge in [0.05, 0.1) is 21.1 Å². The minimum absolute atomic E-state index is 0.0593. The molecule has 1 N–H and O–H groups in total. The van der Waals surface area contributed by atoms with E-state index in [1.807, 2.05) is 42.5 Å². The average Bonchev–Trinajstić information content (AvgIpc) is 2.74. The maximum absolute atomic E-state index is 13.2. The Bertz CT molecular complexity index is 879. The van der Waals surface area contributed by atoms with Gasteiger partial charge in [0, 0.05) is 5.56 Å². The van der Waals surface area contributed by atoms with E-state index in [1.54, 1.807) is 48.5 Å². The molecular weight excluding hydrogens is 362 g/mol. The zero-order valence-electron chi connectivity index (χ0n) is 17.2. The van der Waals surface area contributed by atoms with E-state index in [0.29, 0.717) is 15.6 Å². The van der Waals surface area contributed by atoms with Crippen molar-refractivity contribution in [2.24, 2.45) is 0 Å². The molecule has 3 aromatic rings. The van der Waals surface area contributed by atoms with E-state index < -0.39 is 11.6 Å².